The number of nitrogen functional groups attached to an aromatic ring is 1. The number of likely N-dealkylation sites (tertiary alicyclic amines) is 2. The summed E-state index contributed by atoms with van der Waals surface area (Å²) in [5.74, 6) is 1.58. The minimum atomic E-state index is -0.0874. The Morgan fingerprint density at radius 3 is 2.34 bits per heavy atom. The van der Waals surface area contributed by atoms with Crippen LogP contribution < -0.4 is 15.8 Å². The molecule has 32 heavy (non-hydrogen) atoms. The molecule has 1 unspecified atom stereocenters. The third-order valence-corrected chi connectivity index (χ3v) is 7.21. The average molecular weight is 445 g/mol. The summed E-state index contributed by atoms with van der Waals surface area (Å²) in [5, 5.41) is 3.19. The van der Waals surface area contributed by atoms with Crippen LogP contribution in [0.2, 0.25) is 0 Å². The minimum Gasteiger partial charge on any atom is -0.496 e. The molecule has 2 aliphatic heterocycles. The first-order chi connectivity index (χ1) is 15.3. The number of aryl methyl sites for hydroxylation is 1. The molecule has 0 aliphatic carbocycles. The number of ketones is 1. The van der Waals surface area contributed by atoms with Gasteiger partial charge in [0.05, 0.1) is 12.7 Å². The number of carbonyl (C=O) groups excluding carboxylic acids is 2. The van der Waals surface area contributed by atoms with Crippen molar-refractivity contribution in [2.45, 2.75) is 52.5 Å². The van der Waals surface area contributed by atoms with Crippen LogP contribution in [0.25, 0.3) is 0 Å². The van der Waals surface area contributed by atoms with Crippen molar-refractivity contribution in [3.63, 3.8) is 0 Å². The lowest BCUT2D eigenvalue weighted by atomic mass is 9.94. The molecule has 178 valence electrons. The number of hydrogen-bond donors (Lipinski definition) is 2. The molecular weight excluding hydrogens is 404 g/mol. The van der Waals surface area contributed by atoms with E-state index in [4.69, 9.17) is 10.5 Å². The second-order valence-electron chi connectivity index (χ2n) is 9.71. The molecule has 0 spiro atoms. The smallest absolute Gasteiger partial charge is 0.255 e. The Morgan fingerprint density at radius 1 is 1.12 bits per heavy atom. The fourth-order valence-corrected chi connectivity index (χ4v) is 4.81. The van der Waals surface area contributed by atoms with Crippen LogP contribution in [-0.4, -0.2) is 73.9 Å². The molecule has 1 atom stereocenters. The van der Waals surface area contributed by atoms with E-state index in [1.54, 1.807) is 20.1 Å². The molecule has 2 fully saturated rings. The van der Waals surface area contributed by atoms with Crippen molar-refractivity contribution >= 4 is 17.4 Å². The van der Waals surface area contributed by atoms with E-state index in [9.17, 15) is 9.59 Å². The third kappa shape index (κ3) is 6.45. The van der Waals surface area contributed by atoms with Crippen LogP contribution in [0.3, 0.4) is 0 Å². The van der Waals surface area contributed by atoms with Gasteiger partial charge in [-0.05, 0) is 70.2 Å². The van der Waals surface area contributed by atoms with Crippen molar-refractivity contribution in [2.75, 3.05) is 52.1 Å². The lowest BCUT2D eigenvalue weighted by Gasteiger charge is -2.38. The number of methoxy groups -OCH3 is 1. The second kappa shape index (κ2) is 11.1. The summed E-state index contributed by atoms with van der Waals surface area (Å²) in [7, 11) is 1.56. The molecule has 0 radical (unpaired) electrons. The molecule has 0 aromatic heterocycles. The van der Waals surface area contributed by atoms with E-state index < -0.39 is 0 Å². The van der Waals surface area contributed by atoms with Crippen molar-refractivity contribution in [3.05, 3.63) is 23.3 Å². The van der Waals surface area contributed by atoms with Crippen LogP contribution in [0.15, 0.2) is 12.1 Å². The highest BCUT2D eigenvalue weighted by atomic mass is 16.5. The fourth-order valence-electron chi connectivity index (χ4n) is 4.81. The van der Waals surface area contributed by atoms with E-state index in [0.717, 1.165) is 63.6 Å². The first kappa shape index (κ1) is 24.5. The summed E-state index contributed by atoms with van der Waals surface area (Å²) in [6, 6.07) is 3.72. The standard InChI is InChI=1S/C25H40N4O3/c1-17-13-22(24(32-4)14-23(17)26)25(31)27-21-7-11-29(12-8-21)16-20-5-9-28(10-6-20)15-18(2)19(3)30/h13-14,18,20-21H,5-12,15-16,26H2,1-4H3,(H,27,31). The highest BCUT2D eigenvalue weighted by Gasteiger charge is 2.27. The zero-order chi connectivity index (χ0) is 23.3. The van der Waals surface area contributed by atoms with Gasteiger partial charge >= 0.3 is 0 Å². The molecular formula is C25H40N4O3. The second-order valence-corrected chi connectivity index (χ2v) is 9.71. The predicted octanol–water partition coefficient (Wildman–Crippen LogP) is 2.72. The molecule has 7 heteroatoms. The van der Waals surface area contributed by atoms with E-state index in [-0.39, 0.29) is 23.7 Å². The van der Waals surface area contributed by atoms with E-state index in [1.807, 2.05) is 19.9 Å². The number of ether oxygens (including phenoxy) is 1. The van der Waals surface area contributed by atoms with Gasteiger partial charge in [-0.2, -0.15) is 0 Å². The van der Waals surface area contributed by atoms with Gasteiger partial charge in [0.25, 0.3) is 5.91 Å². The maximum absolute atomic E-state index is 12.8. The molecule has 2 heterocycles. The number of amides is 1. The van der Waals surface area contributed by atoms with E-state index in [1.165, 1.54) is 12.8 Å². The number of anilines is 1. The number of rotatable bonds is 8. The minimum absolute atomic E-state index is 0.0874. The summed E-state index contributed by atoms with van der Waals surface area (Å²) < 4.78 is 5.36. The molecule has 0 saturated carbocycles. The molecule has 0 bridgehead atoms. The molecule has 1 aromatic carbocycles. The van der Waals surface area contributed by atoms with Crippen LogP contribution in [0.1, 0.15) is 55.5 Å². The number of nitrogens with zero attached hydrogens (tertiary/aromatic N) is 2. The quantitative estimate of drug-likeness (QED) is 0.600. The summed E-state index contributed by atoms with van der Waals surface area (Å²) in [6.07, 6.45) is 4.35. The van der Waals surface area contributed by atoms with Gasteiger partial charge in [0.15, 0.2) is 0 Å². The van der Waals surface area contributed by atoms with Crippen LogP contribution in [-0.2, 0) is 4.79 Å². The van der Waals surface area contributed by atoms with Crippen LogP contribution >= 0.6 is 0 Å². The zero-order valence-corrected chi connectivity index (χ0v) is 20.2. The Hall–Kier alpha value is -2.12. The van der Waals surface area contributed by atoms with Crippen LogP contribution in [0.4, 0.5) is 5.69 Å². The summed E-state index contributed by atoms with van der Waals surface area (Å²) in [6.45, 7) is 11.9. The number of piperidine rings is 2. The van der Waals surface area contributed by atoms with Crippen LogP contribution in [0, 0.1) is 18.8 Å². The summed E-state index contributed by atoms with van der Waals surface area (Å²) >= 11 is 0. The average Bonchev–Trinajstić information content (AvgIpc) is 2.77. The van der Waals surface area contributed by atoms with Gasteiger partial charge in [-0.1, -0.05) is 6.92 Å². The highest BCUT2D eigenvalue weighted by Crippen LogP contribution is 2.26. The molecule has 1 aromatic rings. The molecule has 2 saturated heterocycles. The highest BCUT2D eigenvalue weighted by molar-refractivity contribution is 5.98. The fraction of sp³-hybridized carbons (Fsp3) is 0.680. The zero-order valence-electron chi connectivity index (χ0n) is 20.2. The Labute approximate surface area is 192 Å². The van der Waals surface area contributed by atoms with Gasteiger partial charge in [0.1, 0.15) is 11.5 Å². The molecule has 3 N–H and O–H groups in total. The van der Waals surface area contributed by atoms with Gasteiger partial charge in [-0.25, -0.2) is 0 Å². The monoisotopic (exact) mass is 444 g/mol. The number of hydrogen-bond acceptors (Lipinski definition) is 6. The predicted molar refractivity (Wildman–Crippen MR) is 128 cm³/mol. The number of benzene rings is 1. The SMILES string of the molecule is COc1cc(N)c(C)cc1C(=O)NC1CCN(CC2CCN(CC(C)C(C)=O)CC2)CC1. The van der Waals surface area contributed by atoms with Gasteiger partial charge in [0.2, 0.25) is 0 Å². The number of Topliss-reactive ketones (excluding diaryl/α,β-unsaturated/α-hetero) is 1. The van der Waals surface area contributed by atoms with Crippen molar-refractivity contribution in [1.82, 2.24) is 15.1 Å². The lowest BCUT2D eigenvalue weighted by Crippen LogP contribution is -2.47. The third-order valence-electron chi connectivity index (χ3n) is 7.21. The van der Waals surface area contributed by atoms with Gasteiger partial charge < -0.3 is 25.6 Å². The molecule has 1 amide bonds. The first-order valence-corrected chi connectivity index (χ1v) is 12.0. The molecule has 7 nitrogen and oxygen atoms in total. The van der Waals surface area contributed by atoms with Gasteiger partial charge in [0, 0.05) is 49.9 Å². The van der Waals surface area contributed by atoms with Crippen LogP contribution in [0.5, 0.6) is 5.75 Å². The van der Waals surface area contributed by atoms with E-state index in [0.29, 0.717) is 17.0 Å². The van der Waals surface area contributed by atoms with Gasteiger partial charge in [-0.15, -0.1) is 0 Å². The Kier molecular flexibility index (Phi) is 8.54. The Bertz CT molecular complexity index is 797. The van der Waals surface area contributed by atoms with Crippen molar-refractivity contribution in [1.29, 1.82) is 0 Å². The summed E-state index contributed by atoms with van der Waals surface area (Å²) in [4.78, 5) is 29.3. The van der Waals surface area contributed by atoms with E-state index in [2.05, 4.69) is 15.1 Å². The Balaban J connectivity index is 1.41. The normalized spacial score (nSPS) is 20.1. The maximum atomic E-state index is 12.8. The van der Waals surface area contributed by atoms with Gasteiger partial charge in [-0.3, -0.25) is 9.59 Å². The Morgan fingerprint density at radius 2 is 1.75 bits per heavy atom. The lowest BCUT2D eigenvalue weighted by molar-refractivity contribution is -0.120. The molecule has 3 rings (SSSR count). The number of carbonyl (C=O) groups is 2. The largest absolute Gasteiger partial charge is 0.496 e. The topological polar surface area (TPSA) is 87.9 Å². The first-order valence-electron chi connectivity index (χ1n) is 12.0. The number of nitrogens with one attached hydrogen (secondary N) is 1. The number of nitrogens with two attached hydrogens (primary N) is 1. The summed E-state index contributed by atoms with van der Waals surface area (Å²) in [5.41, 5.74) is 8.01. The van der Waals surface area contributed by atoms with E-state index >= 15 is 0 Å². The maximum Gasteiger partial charge on any atom is 0.255 e. The van der Waals surface area contributed by atoms with Crippen molar-refractivity contribution in [2.24, 2.45) is 11.8 Å². The van der Waals surface area contributed by atoms with Crippen molar-refractivity contribution < 1.29 is 14.3 Å². The van der Waals surface area contributed by atoms with Crippen molar-refractivity contribution in [3.8, 4) is 5.75 Å². The molecule has 2 aliphatic rings.